The van der Waals surface area contributed by atoms with E-state index >= 15 is 0 Å². The predicted molar refractivity (Wildman–Crippen MR) is 332 cm³/mol. The van der Waals surface area contributed by atoms with E-state index in [9.17, 15) is 54.0 Å². The largest absolute Gasteiger partial charge is 0.496 e. The Morgan fingerprint density at radius 1 is 0.652 bits per heavy atom. The van der Waals surface area contributed by atoms with Crippen molar-refractivity contribution in [2.24, 2.45) is 23.7 Å². The second kappa shape index (κ2) is 33.2. The first-order valence-electron chi connectivity index (χ1n) is 31.2. The fourth-order valence-electron chi connectivity index (χ4n) is 13.5. The van der Waals surface area contributed by atoms with Gasteiger partial charge in [0.25, 0.3) is 5.91 Å². The number of anilines is 1. The van der Waals surface area contributed by atoms with E-state index in [0.29, 0.717) is 67.3 Å². The molecule has 0 spiro atoms. The van der Waals surface area contributed by atoms with Crippen LogP contribution >= 0.6 is 0 Å². The molecule has 0 unspecified atom stereocenters. The first kappa shape index (κ1) is 69.5. The Morgan fingerprint density at radius 3 is 1.67 bits per heavy atom. The molecule has 3 amide bonds. The van der Waals surface area contributed by atoms with Crippen LogP contribution in [0.3, 0.4) is 0 Å². The molecule has 89 heavy (non-hydrogen) atoms. The Hall–Kier alpha value is -6.94. The predicted octanol–water partition coefficient (Wildman–Crippen LogP) is 2.92. The number of methoxy groups -OCH3 is 2. The third kappa shape index (κ3) is 19.3. The summed E-state index contributed by atoms with van der Waals surface area (Å²) in [7, 11) is 9.05. The highest BCUT2D eigenvalue weighted by Gasteiger charge is 2.62. The Kier molecular flexibility index (Phi) is 26.0. The van der Waals surface area contributed by atoms with Crippen LogP contribution in [0.25, 0.3) is 16.9 Å². The molecule has 1 aliphatic heterocycles. The van der Waals surface area contributed by atoms with E-state index in [1.807, 2.05) is 29.2 Å². The molecule has 2 aromatic carbocycles. The molecule has 4 aliphatic carbocycles. The lowest BCUT2D eigenvalue weighted by atomic mass is 9.48. The van der Waals surface area contributed by atoms with Gasteiger partial charge in [0.05, 0.1) is 77.2 Å². The van der Waals surface area contributed by atoms with Crippen molar-refractivity contribution >= 4 is 47.3 Å². The summed E-state index contributed by atoms with van der Waals surface area (Å²) < 4.78 is 24.7. The minimum Gasteiger partial charge on any atom is -0.496 e. The van der Waals surface area contributed by atoms with Crippen molar-refractivity contribution in [3.8, 4) is 28.4 Å². The smallest absolute Gasteiger partial charge is 0.330 e. The lowest BCUT2D eigenvalue weighted by Gasteiger charge is -2.59. The molecule has 6 N–H and O–H groups in total. The summed E-state index contributed by atoms with van der Waals surface area (Å²) >= 11 is 0. The van der Waals surface area contributed by atoms with Gasteiger partial charge >= 0.3 is 23.9 Å². The number of hydrogen-bond acceptors (Lipinski definition) is 18. The van der Waals surface area contributed by atoms with Gasteiger partial charge in [0, 0.05) is 91.8 Å². The van der Waals surface area contributed by atoms with Crippen LogP contribution in [0.5, 0.6) is 11.5 Å². The monoisotopic (exact) mass is 1250 g/mol. The summed E-state index contributed by atoms with van der Waals surface area (Å²) in [4.78, 5) is 101. The van der Waals surface area contributed by atoms with Gasteiger partial charge in [-0.25, -0.2) is 9.48 Å². The molecule has 26 nitrogen and oxygen atoms in total. The SMILES string of the molecule is COc1cccc(OC)c1-c1cc(C(=O)NC2(C(=O)O)C3CC4CC(C3)CC2C4)nn1-c1ccc(N(C)CCCN(C)CCCN(C)C(=O)COCCOCCNC(=O)CN2CCN(CC(=O)O)CCN(CC(=O)O)CCN(CC(=O)O)CC2)cc1C(C)C. The van der Waals surface area contributed by atoms with E-state index in [1.165, 1.54) is 0 Å². The van der Waals surface area contributed by atoms with Crippen LogP contribution in [0.4, 0.5) is 5.69 Å². The zero-order valence-electron chi connectivity index (χ0n) is 53.0. The van der Waals surface area contributed by atoms with E-state index in [0.717, 1.165) is 81.5 Å². The summed E-state index contributed by atoms with van der Waals surface area (Å²) in [6.45, 7) is 9.49. The highest BCUT2D eigenvalue weighted by Crippen LogP contribution is 2.58. The van der Waals surface area contributed by atoms with Gasteiger partial charge in [-0.05, 0) is 137 Å². The van der Waals surface area contributed by atoms with Gasteiger partial charge in [-0.15, -0.1) is 0 Å². The third-order valence-corrected chi connectivity index (χ3v) is 18.1. The van der Waals surface area contributed by atoms with Crippen molar-refractivity contribution in [1.82, 2.24) is 49.8 Å². The van der Waals surface area contributed by atoms with Crippen molar-refractivity contribution in [2.75, 3.05) is 178 Å². The van der Waals surface area contributed by atoms with Gasteiger partial charge in [-0.2, -0.15) is 5.10 Å². The van der Waals surface area contributed by atoms with Crippen molar-refractivity contribution in [2.45, 2.75) is 70.3 Å². The van der Waals surface area contributed by atoms with Crippen LogP contribution in [0.15, 0.2) is 42.5 Å². The zero-order valence-corrected chi connectivity index (χ0v) is 53.0. The molecule has 5 aliphatic rings. The molecule has 4 bridgehead atoms. The Bertz CT molecular complexity index is 2810. The molecule has 26 heteroatoms. The first-order valence-corrected chi connectivity index (χ1v) is 31.2. The summed E-state index contributed by atoms with van der Waals surface area (Å²) in [6.07, 6.45) is 6.03. The molecule has 5 fully saturated rings. The highest BCUT2D eigenvalue weighted by atomic mass is 16.5. The van der Waals surface area contributed by atoms with Crippen LogP contribution in [0, 0.1) is 23.7 Å². The van der Waals surface area contributed by atoms with Gasteiger partial charge in [-0.3, -0.25) is 48.4 Å². The number of aliphatic carboxylic acids is 4. The Labute approximate surface area is 522 Å². The van der Waals surface area contributed by atoms with Crippen molar-refractivity contribution < 1.29 is 72.9 Å². The maximum Gasteiger partial charge on any atom is 0.330 e. The lowest BCUT2D eigenvalue weighted by molar-refractivity contribution is -0.163. The number of rotatable bonds is 33. The van der Waals surface area contributed by atoms with Crippen LogP contribution < -0.4 is 25.0 Å². The second-order valence-electron chi connectivity index (χ2n) is 24.7. The molecular formula is C63H95N11O15. The molecular weight excluding hydrogens is 1150 g/mol. The normalized spacial score (nSPS) is 21.0. The van der Waals surface area contributed by atoms with Gasteiger partial charge in [0.15, 0.2) is 5.69 Å². The quantitative estimate of drug-likeness (QED) is 0.0478. The van der Waals surface area contributed by atoms with E-state index in [2.05, 4.69) is 60.5 Å². The number of aromatic nitrogens is 2. The fourth-order valence-corrected chi connectivity index (χ4v) is 13.5. The number of ether oxygens (including phenoxy) is 4. The Balaban J connectivity index is 0.826. The molecule has 1 saturated heterocycles. The number of carbonyl (C=O) groups excluding carboxylic acids is 3. The fraction of sp³-hybridized carbons (Fsp3) is 0.651. The van der Waals surface area contributed by atoms with Gasteiger partial charge in [0.2, 0.25) is 11.8 Å². The summed E-state index contributed by atoms with van der Waals surface area (Å²) in [6, 6.07) is 13.4. The molecule has 8 rings (SSSR count). The molecule has 0 atom stereocenters. The number of hydrogen-bond donors (Lipinski definition) is 6. The molecule has 3 aromatic rings. The summed E-state index contributed by atoms with van der Waals surface area (Å²) in [5, 5.41) is 50.2. The molecule has 2 heterocycles. The topological polar surface area (TPSA) is 302 Å². The van der Waals surface area contributed by atoms with E-state index in [-0.39, 0.29) is 121 Å². The maximum absolute atomic E-state index is 14.5. The maximum atomic E-state index is 14.5. The van der Waals surface area contributed by atoms with Crippen LogP contribution in [0.1, 0.15) is 80.8 Å². The summed E-state index contributed by atoms with van der Waals surface area (Å²) in [5.41, 5.74) is 2.71. The zero-order chi connectivity index (χ0) is 64.4. The van der Waals surface area contributed by atoms with Crippen molar-refractivity contribution in [1.29, 1.82) is 0 Å². The molecule has 1 aromatic heterocycles. The third-order valence-electron chi connectivity index (χ3n) is 18.1. The standard InChI is InChI=1S/C63H95N11O15/c1-43(2)49-36-48(13-14-51(49)74-52(60-53(86-6)11-8-12-54(60)87-7)37-50(66-74)61(83)65-63(62(84)85)46-32-44-31-45(34-46)35-47(63)33-44)68(4)18-9-16-67(3)17-10-19-69(5)56(76)42-89-30-29-88-28-15-64-55(75)38-70-20-22-71(39-57(77)78)24-26-73(41-59(81)82)27-25-72(23-21-70)40-58(79)80/h8,11-14,36-37,43-47H,9-10,15-35,38-42H2,1-7H3,(H,64,75)(H,65,83)(H,77,78)(H,79,80)(H,81,82)(H,84,85). The van der Waals surface area contributed by atoms with E-state index in [1.54, 1.807) is 51.6 Å². The number of carboxylic acids is 4. The minimum atomic E-state index is -1.34. The van der Waals surface area contributed by atoms with Crippen LogP contribution in [0.2, 0.25) is 0 Å². The van der Waals surface area contributed by atoms with E-state index < -0.39 is 35.3 Å². The molecule has 492 valence electrons. The number of carboxylic acid groups (broad SMARTS) is 4. The van der Waals surface area contributed by atoms with Crippen molar-refractivity contribution in [3.63, 3.8) is 0 Å². The number of nitrogens with one attached hydrogen (secondary N) is 2. The number of benzene rings is 2. The average Bonchev–Trinajstić information content (AvgIpc) is 2.15. The average molecular weight is 1250 g/mol. The van der Waals surface area contributed by atoms with Crippen LogP contribution in [-0.2, 0) is 38.2 Å². The number of amides is 3. The van der Waals surface area contributed by atoms with Crippen molar-refractivity contribution in [3.05, 3.63) is 53.7 Å². The Morgan fingerprint density at radius 2 is 1.17 bits per heavy atom. The molecule has 0 radical (unpaired) electrons. The van der Waals surface area contributed by atoms with Gasteiger partial charge < -0.3 is 64.7 Å². The first-order chi connectivity index (χ1) is 42.6. The lowest BCUT2D eigenvalue weighted by Crippen LogP contribution is -2.70. The number of nitrogens with zero attached hydrogens (tertiary/aromatic N) is 9. The number of carbonyl (C=O) groups is 7. The minimum absolute atomic E-state index is 0.00733. The number of likely N-dealkylation sites (N-methyl/N-ethyl adjacent to an activating group) is 1. The van der Waals surface area contributed by atoms with Gasteiger partial charge in [0.1, 0.15) is 23.6 Å². The molecule has 4 saturated carbocycles. The van der Waals surface area contributed by atoms with Gasteiger partial charge in [-0.1, -0.05) is 19.9 Å². The van der Waals surface area contributed by atoms with Crippen LogP contribution in [-0.4, -0.2) is 280 Å². The second-order valence-corrected chi connectivity index (χ2v) is 24.7. The van der Waals surface area contributed by atoms with E-state index in [4.69, 9.17) is 24.0 Å². The highest BCUT2D eigenvalue weighted by molar-refractivity contribution is 5.98. The summed E-state index contributed by atoms with van der Waals surface area (Å²) in [5.74, 6) is -3.13.